The summed E-state index contributed by atoms with van der Waals surface area (Å²) in [6, 6.07) is 0. The van der Waals surface area contributed by atoms with Gasteiger partial charge in [0.1, 0.15) is 13.2 Å². The fourth-order valence-corrected chi connectivity index (χ4v) is 6.08. The van der Waals surface area contributed by atoms with Gasteiger partial charge < -0.3 is 14.2 Å². The summed E-state index contributed by atoms with van der Waals surface area (Å²) >= 11 is 0. The highest BCUT2D eigenvalue weighted by Gasteiger charge is 2.19. The number of unbranched alkanes of at least 4 members (excludes halogenated alkanes) is 13. The highest BCUT2D eigenvalue weighted by atomic mass is 16.6. The molecule has 0 aromatic heterocycles. The van der Waals surface area contributed by atoms with E-state index in [0.29, 0.717) is 12.8 Å². The summed E-state index contributed by atoms with van der Waals surface area (Å²) in [5.41, 5.74) is 0. The number of hydrogen-bond donors (Lipinski definition) is 0. The predicted octanol–water partition coefficient (Wildman–Crippen LogP) is 16.3. The van der Waals surface area contributed by atoms with Gasteiger partial charge in [0, 0.05) is 19.3 Å². The second-order valence-electron chi connectivity index (χ2n) is 15.7. The molecule has 63 heavy (non-hydrogen) atoms. The van der Waals surface area contributed by atoms with Crippen LogP contribution in [0, 0.1) is 0 Å². The van der Waals surface area contributed by atoms with Crippen LogP contribution in [0.2, 0.25) is 0 Å². The molecule has 0 aromatic carbocycles. The highest BCUT2D eigenvalue weighted by Crippen LogP contribution is 2.11. The maximum Gasteiger partial charge on any atom is 0.306 e. The molecular weight excluding hydrogens is 781 g/mol. The van der Waals surface area contributed by atoms with Crippen LogP contribution in [0.4, 0.5) is 0 Å². The normalized spacial score (nSPS) is 13.3. The van der Waals surface area contributed by atoms with Crippen LogP contribution in [0.25, 0.3) is 0 Å². The van der Waals surface area contributed by atoms with Crippen LogP contribution >= 0.6 is 0 Å². The Labute approximate surface area is 385 Å². The summed E-state index contributed by atoms with van der Waals surface area (Å²) < 4.78 is 16.6. The number of allylic oxidation sites excluding steroid dienone is 22. The van der Waals surface area contributed by atoms with Gasteiger partial charge in [0.2, 0.25) is 0 Å². The van der Waals surface area contributed by atoms with E-state index in [1.165, 1.54) is 44.9 Å². The van der Waals surface area contributed by atoms with Crippen molar-refractivity contribution in [2.45, 2.75) is 194 Å². The van der Waals surface area contributed by atoms with Crippen LogP contribution in [-0.4, -0.2) is 37.2 Å². The van der Waals surface area contributed by atoms with Crippen LogP contribution in [-0.2, 0) is 28.6 Å². The van der Waals surface area contributed by atoms with E-state index >= 15 is 0 Å². The van der Waals surface area contributed by atoms with Crippen molar-refractivity contribution in [2.24, 2.45) is 0 Å². The van der Waals surface area contributed by atoms with E-state index in [9.17, 15) is 14.4 Å². The van der Waals surface area contributed by atoms with Crippen molar-refractivity contribution < 1.29 is 28.6 Å². The number of esters is 3. The van der Waals surface area contributed by atoms with Gasteiger partial charge >= 0.3 is 17.9 Å². The average molecular weight is 869 g/mol. The van der Waals surface area contributed by atoms with E-state index in [4.69, 9.17) is 14.2 Å². The molecule has 0 aliphatic carbocycles. The first-order chi connectivity index (χ1) is 31.0. The zero-order valence-electron chi connectivity index (χ0n) is 40.0. The fourth-order valence-electron chi connectivity index (χ4n) is 6.08. The van der Waals surface area contributed by atoms with Gasteiger partial charge in [-0.15, -0.1) is 0 Å². The van der Waals surface area contributed by atoms with Crippen molar-refractivity contribution in [1.29, 1.82) is 0 Å². The quantitative estimate of drug-likeness (QED) is 0.0200. The van der Waals surface area contributed by atoms with Crippen molar-refractivity contribution in [2.75, 3.05) is 13.2 Å². The Bertz CT molecular complexity index is 1420. The molecule has 0 amide bonds. The lowest BCUT2D eigenvalue weighted by atomic mass is 10.1. The summed E-state index contributed by atoms with van der Waals surface area (Å²) in [6.07, 6.45) is 70.2. The first-order valence-electron chi connectivity index (χ1n) is 24.8. The van der Waals surface area contributed by atoms with Crippen molar-refractivity contribution >= 4 is 17.9 Å². The Balaban J connectivity index is 4.63. The standard InChI is InChI=1S/C57H88O6/c1-4-7-10-13-16-19-22-25-27-29-32-35-38-41-44-47-50-56(59)62-53-54(52-61-55(58)49-46-43-40-37-34-31-24-21-18-15-12-9-6-3)63-57(60)51-48-45-42-39-36-33-30-28-26-23-20-17-14-11-8-5-2/h7,9-10,12,15-16,18-19,21,24-25,27-28,30-36,41,44,54H,4-6,8,11,13-14,17,20,22-23,26,29,37-40,42-43,45-53H2,1-3H3/b10-7-,12-9-,18-15-,19-16-,24-21-,27-25-,30-28-,34-31-,35-32-,36-33-,44-41-. The van der Waals surface area contributed by atoms with Crippen LogP contribution in [0.3, 0.4) is 0 Å². The fraction of sp³-hybridized carbons (Fsp3) is 0.561. The maximum atomic E-state index is 12.8. The van der Waals surface area contributed by atoms with Crippen molar-refractivity contribution in [1.82, 2.24) is 0 Å². The van der Waals surface area contributed by atoms with Gasteiger partial charge in [-0.3, -0.25) is 14.4 Å². The van der Waals surface area contributed by atoms with Gasteiger partial charge in [0.15, 0.2) is 6.10 Å². The lowest BCUT2D eigenvalue weighted by Crippen LogP contribution is -2.30. The molecule has 352 valence electrons. The number of ether oxygens (including phenoxy) is 3. The van der Waals surface area contributed by atoms with Crippen molar-refractivity contribution in [3.05, 3.63) is 134 Å². The smallest absolute Gasteiger partial charge is 0.306 e. The average Bonchev–Trinajstić information content (AvgIpc) is 3.28. The maximum absolute atomic E-state index is 12.8. The largest absolute Gasteiger partial charge is 0.462 e. The number of carbonyl (C=O) groups is 3. The minimum absolute atomic E-state index is 0.137. The molecule has 6 heteroatoms. The third-order valence-electron chi connectivity index (χ3n) is 9.76. The molecule has 0 radical (unpaired) electrons. The monoisotopic (exact) mass is 869 g/mol. The lowest BCUT2D eigenvalue weighted by molar-refractivity contribution is -0.166. The van der Waals surface area contributed by atoms with Crippen molar-refractivity contribution in [3.63, 3.8) is 0 Å². The summed E-state index contributed by atoms with van der Waals surface area (Å²) in [6.45, 7) is 6.22. The molecular formula is C57H88O6. The van der Waals surface area contributed by atoms with Gasteiger partial charge in [-0.05, 0) is 96.3 Å². The molecule has 0 saturated heterocycles. The predicted molar refractivity (Wildman–Crippen MR) is 269 cm³/mol. The summed E-state index contributed by atoms with van der Waals surface area (Å²) in [4.78, 5) is 37.9. The Morgan fingerprint density at radius 2 is 0.730 bits per heavy atom. The molecule has 0 rings (SSSR count). The molecule has 0 heterocycles. The first kappa shape index (κ1) is 58.6. The van der Waals surface area contributed by atoms with Gasteiger partial charge in [-0.25, -0.2) is 0 Å². The highest BCUT2D eigenvalue weighted by molar-refractivity contribution is 5.71. The number of hydrogen-bond acceptors (Lipinski definition) is 6. The lowest BCUT2D eigenvalue weighted by Gasteiger charge is -2.18. The summed E-state index contributed by atoms with van der Waals surface area (Å²) in [5, 5.41) is 0. The van der Waals surface area contributed by atoms with Gasteiger partial charge in [-0.1, -0.05) is 206 Å². The minimum atomic E-state index is -0.842. The molecule has 1 atom stereocenters. The topological polar surface area (TPSA) is 78.9 Å². The van der Waals surface area contributed by atoms with E-state index in [1.807, 2.05) is 48.6 Å². The SMILES string of the molecule is CC\C=C/C=C\C=C/C=C\CCCCCC(=O)OCC(COC(=O)CC/C=C\C/C=C\C/C=C\C/C=C\C/C=C\CC)OC(=O)CCCCC/C=C\C=C/CCCCCCCCC. The Hall–Kier alpha value is -4.45. The summed E-state index contributed by atoms with van der Waals surface area (Å²) in [7, 11) is 0. The molecule has 0 saturated carbocycles. The second-order valence-corrected chi connectivity index (χ2v) is 15.7. The molecule has 0 aromatic rings. The summed E-state index contributed by atoms with van der Waals surface area (Å²) in [5.74, 6) is -1.10. The van der Waals surface area contributed by atoms with E-state index in [2.05, 4.69) is 106 Å². The third-order valence-corrected chi connectivity index (χ3v) is 9.76. The molecule has 0 fully saturated rings. The van der Waals surface area contributed by atoms with Gasteiger partial charge in [0.05, 0.1) is 0 Å². The molecule has 0 N–H and O–H groups in total. The zero-order valence-corrected chi connectivity index (χ0v) is 40.0. The second kappa shape index (κ2) is 50.2. The van der Waals surface area contributed by atoms with Crippen LogP contribution in [0.5, 0.6) is 0 Å². The number of rotatable bonds is 42. The molecule has 0 aliphatic rings. The Morgan fingerprint density at radius 3 is 1.24 bits per heavy atom. The number of carbonyl (C=O) groups excluding carboxylic acids is 3. The molecule has 0 spiro atoms. The molecule has 0 bridgehead atoms. The third kappa shape index (κ3) is 48.4. The van der Waals surface area contributed by atoms with Crippen LogP contribution < -0.4 is 0 Å². The zero-order chi connectivity index (χ0) is 45.8. The van der Waals surface area contributed by atoms with Gasteiger partial charge in [0.25, 0.3) is 0 Å². The Kier molecular flexibility index (Phi) is 46.7. The molecule has 6 nitrogen and oxygen atoms in total. The first-order valence-corrected chi connectivity index (χ1v) is 24.8. The minimum Gasteiger partial charge on any atom is -0.462 e. The van der Waals surface area contributed by atoms with Crippen molar-refractivity contribution in [3.8, 4) is 0 Å². The van der Waals surface area contributed by atoms with E-state index < -0.39 is 6.10 Å². The van der Waals surface area contributed by atoms with E-state index in [-0.39, 0.29) is 50.4 Å². The Morgan fingerprint density at radius 1 is 0.349 bits per heavy atom. The van der Waals surface area contributed by atoms with Crippen LogP contribution in [0.1, 0.15) is 188 Å². The molecule has 1 unspecified atom stereocenters. The van der Waals surface area contributed by atoms with Gasteiger partial charge in [-0.2, -0.15) is 0 Å². The van der Waals surface area contributed by atoms with Crippen LogP contribution in [0.15, 0.2) is 134 Å². The molecule has 0 aliphatic heterocycles. The van der Waals surface area contributed by atoms with E-state index in [0.717, 1.165) is 89.9 Å². The van der Waals surface area contributed by atoms with E-state index in [1.54, 1.807) is 0 Å².